The summed E-state index contributed by atoms with van der Waals surface area (Å²) < 4.78 is 2.07. The molecule has 2 heterocycles. The van der Waals surface area contributed by atoms with Gasteiger partial charge in [0.2, 0.25) is 0 Å². The summed E-state index contributed by atoms with van der Waals surface area (Å²) in [7, 11) is 10.2. The molecule has 4 aromatic rings. The van der Waals surface area contributed by atoms with Crippen LogP contribution >= 0.6 is 0 Å². The first kappa shape index (κ1) is 21.0. The molecule has 0 fully saturated rings. The second-order valence-electron chi connectivity index (χ2n) is 8.34. The fourth-order valence-corrected chi connectivity index (χ4v) is 4.16. The minimum atomic E-state index is -0.119. The maximum atomic E-state index is 13.2. The van der Waals surface area contributed by atoms with Crippen LogP contribution in [0.2, 0.25) is 0 Å². The third-order valence-electron chi connectivity index (χ3n) is 6.71. The second kappa shape index (κ2) is 7.80. The molecule has 0 atom stereocenters. The first-order valence-corrected chi connectivity index (χ1v) is 10.5. The van der Waals surface area contributed by atoms with E-state index >= 15 is 0 Å². The van der Waals surface area contributed by atoms with E-state index in [1.807, 2.05) is 48.0 Å². The Kier molecular flexibility index (Phi) is 5.29. The summed E-state index contributed by atoms with van der Waals surface area (Å²) in [5.74, 6) is 1.39. The molecule has 0 unspecified atom stereocenters. The Morgan fingerprint density at radius 1 is 0.903 bits per heavy atom. The van der Waals surface area contributed by atoms with Crippen LogP contribution in [0.1, 0.15) is 21.7 Å². The van der Waals surface area contributed by atoms with Gasteiger partial charge in [-0.15, -0.1) is 0 Å². The van der Waals surface area contributed by atoms with Crippen LogP contribution in [-0.4, -0.2) is 51.8 Å². The largest absolute Gasteiger partial charge is 0.331 e. The number of anilines is 1. The molecule has 0 radical (unpaired) electrons. The molecule has 0 saturated heterocycles. The first-order valence-electron chi connectivity index (χ1n) is 10.5. The van der Waals surface area contributed by atoms with Crippen LogP contribution in [0.25, 0.3) is 22.0 Å². The molecule has 150 valence electrons. The molecule has 1 amide bonds. The molecule has 4 rings (SSSR count). The number of carbonyl (C=O) groups is 1. The summed E-state index contributed by atoms with van der Waals surface area (Å²) in [6, 6.07) is 8.16. The highest BCUT2D eigenvalue weighted by atomic mass is 16.1. The number of rotatable bonds is 3. The molecule has 0 spiro atoms. The smallest absolute Gasteiger partial charge is 0.255 e. The van der Waals surface area contributed by atoms with Crippen molar-refractivity contribution in [2.75, 3.05) is 5.32 Å². The van der Waals surface area contributed by atoms with E-state index in [1.54, 1.807) is 6.20 Å². The molecule has 0 saturated carbocycles. The highest BCUT2D eigenvalue weighted by Gasteiger charge is 2.18. The van der Waals surface area contributed by atoms with Crippen LogP contribution in [0.4, 0.5) is 5.82 Å². The van der Waals surface area contributed by atoms with Gasteiger partial charge in [0.15, 0.2) is 0 Å². The first-order chi connectivity index (χ1) is 14.7. The van der Waals surface area contributed by atoms with Gasteiger partial charge in [-0.05, 0) is 31.4 Å². The summed E-state index contributed by atoms with van der Waals surface area (Å²) in [6.07, 6.45) is 3.68. The molecule has 31 heavy (non-hydrogen) atoms. The Morgan fingerprint density at radius 3 is 2.19 bits per heavy atom. The normalized spacial score (nSPS) is 11.1. The lowest BCUT2D eigenvalue weighted by molar-refractivity contribution is 0.102. The van der Waals surface area contributed by atoms with Gasteiger partial charge in [-0.1, -0.05) is 39.5 Å². The van der Waals surface area contributed by atoms with Gasteiger partial charge in [-0.25, -0.2) is 9.97 Å². The summed E-state index contributed by atoms with van der Waals surface area (Å²) >= 11 is 0. The van der Waals surface area contributed by atoms with Crippen LogP contribution in [0.5, 0.6) is 0 Å². The molecule has 0 aliphatic carbocycles. The van der Waals surface area contributed by atoms with Crippen molar-refractivity contribution in [2.45, 2.75) is 13.8 Å². The van der Waals surface area contributed by atoms with E-state index in [0.717, 1.165) is 55.3 Å². The van der Waals surface area contributed by atoms with Crippen LogP contribution in [0.15, 0.2) is 36.7 Å². The highest BCUT2D eigenvalue weighted by Crippen LogP contribution is 2.25. The van der Waals surface area contributed by atoms with Gasteiger partial charge in [0.1, 0.15) is 43.0 Å². The quantitative estimate of drug-likeness (QED) is 0.386. The van der Waals surface area contributed by atoms with Gasteiger partial charge in [0.05, 0.1) is 11.9 Å². The fourth-order valence-electron chi connectivity index (χ4n) is 4.16. The fraction of sp³-hybridized carbons (Fsp3) is 0.136. The molecule has 1 N–H and O–H groups in total. The van der Waals surface area contributed by atoms with E-state index in [-0.39, 0.29) is 5.91 Å². The van der Waals surface area contributed by atoms with Gasteiger partial charge in [-0.2, -0.15) is 0 Å². The van der Waals surface area contributed by atoms with Crippen molar-refractivity contribution in [3.63, 3.8) is 0 Å². The Hall–Kier alpha value is -3.21. The predicted octanol–water partition coefficient (Wildman–Crippen LogP) is -2.46. The van der Waals surface area contributed by atoms with Crippen LogP contribution in [0.3, 0.4) is 0 Å². The van der Waals surface area contributed by atoms with E-state index in [2.05, 4.69) is 54.6 Å². The van der Waals surface area contributed by atoms with Gasteiger partial charge >= 0.3 is 0 Å². The maximum absolute atomic E-state index is 13.2. The molecule has 2 aromatic heterocycles. The third-order valence-corrected chi connectivity index (χ3v) is 6.71. The van der Waals surface area contributed by atoms with Crippen molar-refractivity contribution in [3.05, 3.63) is 53.6 Å². The molecule has 0 bridgehead atoms. The summed E-state index contributed by atoms with van der Waals surface area (Å²) in [5, 5.41) is 5.06. The third kappa shape index (κ3) is 3.58. The van der Waals surface area contributed by atoms with E-state index < -0.39 is 0 Å². The number of fused-ring (bicyclic) bond motifs is 1. The van der Waals surface area contributed by atoms with Gasteiger partial charge in [0, 0.05) is 29.8 Å². The lowest BCUT2D eigenvalue weighted by Gasteiger charge is -2.19. The maximum Gasteiger partial charge on any atom is 0.255 e. The predicted molar refractivity (Wildman–Crippen MR) is 141 cm³/mol. The number of imidazole rings is 1. The Labute approximate surface area is 186 Å². The minimum absolute atomic E-state index is 0.119. The molecule has 5 nitrogen and oxygen atoms in total. The standard InChI is InChI=1S/C22H24B4N4O/c1-10-18(23)20(25)17(21(26)19(10)24)22(31)29-16-7-14-6-12(4-5-13(14)8-28-16)15-9-27-11(2)30(15)3/h4-9H,23-26H2,1-3H3,(H,28,29,31). The number of pyridine rings is 1. The summed E-state index contributed by atoms with van der Waals surface area (Å²) in [5.41, 5.74) is 8.48. The lowest BCUT2D eigenvalue weighted by atomic mass is 9.64. The van der Waals surface area contributed by atoms with Gasteiger partial charge in [0.25, 0.3) is 5.91 Å². The minimum Gasteiger partial charge on any atom is -0.331 e. The lowest BCUT2D eigenvalue weighted by Crippen LogP contribution is -2.49. The van der Waals surface area contributed by atoms with Crippen molar-refractivity contribution in [3.8, 4) is 11.3 Å². The average Bonchev–Trinajstić information content (AvgIpc) is 3.09. The number of hydrogen-bond acceptors (Lipinski definition) is 3. The summed E-state index contributed by atoms with van der Waals surface area (Å²) in [4.78, 5) is 22.0. The molecular formula is C22H24B4N4O. The molecule has 9 heteroatoms. The number of benzene rings is 2. The number of carbonyl (C=O) groups excluding carboxylic acids is 1. The zero-order valence-electron chi connectivity index (χ0n) is 19.2. The molecular weight excluding hydrogens is 380 g/mol. The zero-order chi connectivity index (χ0) is 22.4. The van der Waals surface area contributed by atoms with Crippen molar-refractivity contribution >= 4 is 75.7 Å². The molecule has 0 aliphatic heterocycles. The SMILES string of the molecule is Bc1c(B)c(C(=O)Nc2cc3cc(-c4cnc(C)n4C)ccc3cn2)c(B)c(B)c1C. The van der Waals surface area contributed by atoms with E-state index in [1.165, 1.54) is 5.56 Å². The molecule has 2 aromatic carbocycles. The van der Waals surface area contributed by atoms with Gasteiger partial charge in [-0.3, -0.25) is 4.79 Å². The van der Waals surface area contributed by atoms with Crippen LogP contribution in [-0.2, 0) is 7.05 Å². The topological polar surface area (TPSA) is 59.8 Å². The Bertz CT molecular complexity index is 1330. The average molecular weight is 404 g/mol. The van der Waals surface area contributed by atoms with Gasteiger partial charge < -0.3 is 9.88 Å². The number of nitrogens with zero attached hydrogens (tertiary/aromatic N) is 3. The van der Waals surface area contributed by atoms with E-state index in [4.69, 9.17) is 0 Å². The van der Waals surface area contributed by atoms with Crippen molar-refractivity contribution < 1.29 is 4.79 Å². The van der Waals surface area contributed by atoms with Crippen LogP contribution in [0, 0.1) is 13.8 Å². The summed E-state index contributed by atoms with van der Waals surface area (Å²) in [6.45, 7) is 4.10. The van der Waals surface area contributed by atoms with E-state index in [0.29, 0.717) is 5.82 Å². The number of aromatic nitrogens is 3. The number of hydrogen-bond donors (Lipinski definition) is 1. The van der Waals surface area contributed by atoms with Crippen molar-refractivity contribution in [1.29, 1.82) is 0 Å². The second-order valence-corrected chi connectivity index (χ2v) is 8.34. The number of amides is 1. The monoisotopic (exact) mass is 404 g/mol. The Balaban J connectivity index is 1.71. The highest BCUT2D eigenvalue weighted by molar-refractivity contribution is 6.60. The van der Waals surface area contributed by atoms with Crippen molar-refractivity contribution in [1.82, 2.24) is 14.5 Å². The Morgan fingerprint density at radius 2 is 1.58 bits per heavy atom. The van der Waals surface area contributed by atoms with Crippen molar-refractivity contribution in [2.24, 2.45) is 7.05 Å². The van der Waals surface area contributed by atoms with Crippen LogP contribution < -0.4 is 27.2 Å². The number of aryl methyl sites for hydroxylation is 1. The number of nitrogens with one attached hydrogen (secondary N) is 1. The van der Waals surface area contributed by atoms with E-state index in [9.17, 15) is 4.79 Å². The zero-order valence-corrected chi connectivity index (χ0v) is 19.2. The molecule has 0 aliphatic rings.